The second-order valence-electron chi connectivity index (χ2n) is 5.63. The maximum Gasteiger partial charge on any atom is 0.306 e. The number of carboxylic acids is 1. The van der Waals surface area contributed by atoms with Crippen LogP contribution in [0.4, 0.5) is 0 Å². The number of nitrogens with zero attached hydrogens (tertiary/aromatic N) is 1. The van der Waals surface area contributed by atoms with Gasteiger partial charge in [0, 0.05) is 18.5 Å². The number of carbonyl (C=O) groups is 2. The van der Waals surface area contributed by atoms with Crippen LogP contribution < -0.4 is 0 Å². The van der Waals surface area contributed by atoms with E-state index in [1.54, 1.807) is 0 Å². The molecule has 0 aromatic rings. The second-order valence-corrected chi connectivity index (χ2v) is 5.63. The second kappa shape index (κ2) is 5.72. The van der Waals surface area contributed by atoms with Crippen molar-refractivity contribution >= 4 is 11.9 Å². The molecule has 1 amide bonds. The lowest BCUT2D eigenvalue weighted by Gasteiger charge is -2.32. The Labute approximate surface area is 108 Å². The van der Waals surface area contributed by atoms with E-state index in [9.17, 15) is 9.59 Å². The number of amides is 1. The van der Waals surface area contributed by atoms with E-state index in [1.807, 2.05) is 4.90 Å². The Kier molecular flexibility index (Phi) is 4.25. The highest BCUT2D eigenvalue weighted by Gasteiger charge is 2.36. The third-order valence-corrected chi connectivity index (χ3v) is 4.50. The molecule has 102 valence electrons. The highest BCUT2D eigenvalue weighted by molar-refractivity contribution is 5.80. The van der Waals surface area contributed by atoms with E-state index >= 15 is 0 Å². The van der Waals surface area contributed by atoms with E-state index in [-0.39, 0.29) is 17.7 Å². The van der Waals surface area contributed by atoms with Crippen molar-refractivity contribution in [1.29, 1.82) is 0 Å². The number of carboxylic acid groups (broad SMARTS) is 1. The number of hydrogen-bond acceptors (Lipinski definition) is 2. The molecule has 2 aliphatic rings. The van der Waals surface area contributed by atoms with E-state index < -0.39 is 5.97 Å². The first-order valence-electron chi connectivity index (χ1n) is 7.16. The molecule has 2 fully saturated rings. The molecule has 2 rings (SSSR count). The van der Waals surface area contributed by atoms with E-state index in [0.29, 0.717) is 12.5 Å². The van der Waals surface area contributed by atoms with Gasteiger partial charge in [0.15, 0.2) is 0 Å². The van der Waals surface area contributed by atoms with Crippen LogP contribution in [0, 0.1) is 11.8 Å². The number of aliphatic carboxylic acids is 1. The first-order chi connectivity index (χ1) is 8.63. The first kappa shape index (κ1) is 13.4. The summed E-state index contributed by atoms with van der Waals surface area (Å²) in [6.07, 6.45) is 6.24. The van der Waals surface area contributed by atoms with Crippen molar-refractivity contribution in [2.45, 2.75) is 57.9 Å². The van der Waals surface area contributed by atoms with Crippen molar-refractivity contribution in [2.24, 2.45) is 11.8 Å². The van der Waals surface area contributed by atoms with Crippen LogP contribution in [0.15, 0.2) is 0 Å². The molecule has 3 unspecified atom stereocenters. The lowest BCUT2D eigenvalue weighted by Crippen LogP contribution is -2.41. The van der Waals surface area contributed by atoms with Crippen LogP contribution in [0.2, 0.25) is 0 Å². The third-order valence-electron chi connectivity index (χ3n) is 4.50. The average Bonchev–Trinajstić information content (AvgIpc) is 2.86. The summed E-state index contributed by atoms with van der Waals surface area (Å²) < 4.78 is 0. The predicted octanol–water partition coefficient (Wildman–Crippen LogP) is 2.28. The highest BCUT2D eigenvalue weighted by Crippen LogP contribution is 2.32. The van der Waals surface area contributed by atoms with Crippen LogP contribution in [0.1, 0.15) is 51.9 Å². The molecule has 1 saturated carbocycles. The van der Waals surface area contributed by atoms with Gasteiger partial charge in [-0.25, -0.2) is 0 Å². The van der Waals surface area contributed by atoms with Gasteiger partial charge in [0.25, 0.3) is 0 Å². The fourth-order valence-corrected chi connectivity index (χ4v) is 3.42. The van der Waals surface area contributed by atoms with E-state index in [2.05, 4.69) is 6.92 Å². The third kappa shape index (κ3) is 2.68. The molecule has 1 aliphatic carbocycles. The fraction of sp³-hybridized carbons (Fsp3) is 0.857. The number of carbonyl (C=O) groups excluding carboxylic acids is 1. The Balaban J connectivity index is 1.98. The molecule has 1 aliphatic heterocycles. The van der Waals surface area contributed by atoms with Crippen molar-refractivity contribution < 1.29 is 14.7 Å². The Morgan fingerprint density at radius 3 is 2.56 bits per heavy atom. The number of likely N-dealkylation sites (tertiary alicyclic amines) is 1. The van der Waals surface area contributed by atoms with Gasteiger partial charge < -0.3 is 10.0 Å². The van der Waals surface area contributed by atoms with Gasteiger partial charge in [-0.3, -0.25) is 9.59 Å². The molecule has 1 N–H and O–H groups in total. The molecule has 0 aromatic heterocycles. The maximum atomic E-state index is 12.5. The molecule has 0 spiro atoms. The molecule has 0 aromatic carbocycles. The van der Waals surface area contributed by atoms with Crippen molar-refractivity contribution in [3.63, 3.8) is 0 Å². The zero-order valence-corrected chi connectivity index (χ0v) is 11.1. The van der Waals surface area contributed by atoms with Crippen LogP contribution in [0.3, 0.4) is 0 Å². The summed E-state index contributed by atoms with van der Waals surface area (Å²) in [5.41, 5.74) is 0. The molecular formula is C14H23NO3. The van der Waals surface area contributed by atoms with Gasteiger partial charge in [-0.1, -0.05) is 13.3 Å². The zero-order chi connectivity index (χ0) is 13.1. The SMILES string of the molecule is CCC1CCCN1C(=O)C1CCCC(C(=O)O)C1. The van der Waals surface area contributed by atoms with Gasteiger partial charge in [0.2, 0.25) is 5.91 Å². The standard InChI is InChI=1S/C14H23NO3/c1-2-12-7-4-8-15(12)13(16)10-5-3-6-11(9-10)14(17)18/h10-12H,2-9H2,1H3,(H,17,18). The minimum absolute atomic E-state index is 0.0491. The highest BCUT2D eigenvalue weighted by atomic mass is 16.4. The molecule has 1 heterocycles. The molecule has 4 heteroatoms. The Morgan fingerprint density at radius 2 is 1.89 bits per heavy atom. The normalized spacial score (nSPS) is 32.5. The number of hydrogen-bond donors (Lipinski definition) is 1. The summed E-state index contributed by atoms with van der Waals surface area (Å²) >= 11 is 0. The van der Waals surface area contributed by atoms with Gasteiger partial charge in [0.1, 0.15) is 0 Å². The van der Waals surface area contributed by atoms with E-state index in [4.69, 9.17) is 5.11 Å². The average molecular weight is 253 g/mol. The van der Waals surface area contributed by atoms with Crippen LogP contribution in [-0.4, -0.2) is 34.5 Å². The number of rotatable bonds is 3. The first-order valence-corrected chi connectivity index (χ1v) is 7.16. The van der Waals surface area contributed by atoms with Crippen LogP contribution >= 0.6 is 0 Å². The monoisotopic (exact) mass is 253 g/mol. The molecule has 18 heavy (non-hydrogen) atoms. The Hall–Kier alpha value is -1.06. The van der Waals surface area contributed by atoms with Gasteiger partial charge in [-0.2, -0.15) is 0 Å². The van der Waals surface area contributed by atoms with Crippen LogP contribution in [0.25, 0.3) is 0 Å². The minimum Gasteiger partial charge on any atom is -0.481 e. The van der Waals surface area contributed by atoms with Crippen LogP contribution in [0.5, 0.6) is 0 Å². The topological polar surface area (TPSA) is 57.6 Å². The van der Waals surface area contributed by atoms with E-state index in [0.717, 1.165) is 45.1 Å². The fourth-order valence-electron chi connectivity index (χ4n) is 3.42. The lowest BCUT2D eigenvalue weighted by atomic mass is 9.80. The van der Waals surface area contributed by atoms with Gasteiger partial charge >= 0.3 is 5.97 Å². The Bertz CT molecular complexity index is 329. The summed E-state index contributed by atoms with van der Waals surface area (Å²) in [7, 11) is 0. The summed E-state index contributed by atoms with van der Waals surface area (Å²) in [6, 6.07) is 0.391. The quantitative estimate of drug-likeness (QED) is 0.839. The van der Waals surface area contributed by atoms with Gasteiger partial charge in [-0.05, 0) is 38.5 Å². The molecule has 1 saturated heterocycles. The molecule has 0 radical (unpaired) electrons. The molecular weight excluding hydrogens is 230 g/mol. The van der Waals surface area contributed by atoms with E-state index in [1.165, 1.54) is 0 Å². The largest absolute Gasteiger partial charge is 0.481 e. The minimum atomic E-state index is -0.735. The zero-order valence-electron chi connectivity index (χ0n) is 11.1. The summed E-state index contributed by atoms with van der Waals surface area (Å²) in [4.78, 5) is 25.5. The Morgan fingerprint density at radius 1 is 1.17 bits per heavy atom. The van der Waals surface area contributed by atoms with Crippen LogP contribution in [-0.2, 0) is 9.59 Å². The van der Waals surface area contributed by atoms with Crippen molar-refractivity contribution in [3.05, 3.63) is 0 Å². The summed E-state index contributed by atoms with van der Waals surface area (Å²) in [6.45, 7) is 2.99. The maximum absolute atomic E-state index is 12.5. The molecule has 3 atom stereocenters. The van der Waals surface area contributed by atoms with Crippen molar-refractivity contribution in [2.75, 3.05) is 6.54 Å². The van der Waals surface area contributed by atoms with Crippen molar-refractivity contribution in [3.8, 4) is 0 Å². The lowest BCUT2D eigenvalue weighted by molar-refractivity contribution is -0.145. The molecule has 4 nitrogen and oxygen atoms in total. The smallest absolute Gasteiger partial charge is 0.306 e. The van der Waals surface area contributed by atoms with Gasteiger partial charge in [-0.15, -0.1) is 0 Å². The van der Waals surface area contributed by atoms with Gasteiger partial charge in [0.05, 0.1) is 5.92 Å². The summed E-state index contributed by atoms with van der Waals surface area (Å²) in [5.74, 6) is -0.881. The van der Waals surface area contributed by atoms with Crippen molar-refractivity contribution in [1.82, 2.24) is 4.90 Å². The predicted molar refractivity (Wildman–Crippen MR) is 68.1 cm³/mol. The summed E-state index contributed by atoms with van der Waals surface area (Å²) in [5, 5.41) is 9.08. The molecule has 0 bridgehead atoms.